The summed E-state index contributed by atoms with van der Waals surface area (Å²) in [6.45, 7) is -0.0218. The molecule has 0 spiro atoms. The molecule has 23 heavy (non-hydrogen) atoms. The summed E-state index contributed by atoms with van der Waals surface area (Å²) < 4.78 is 44.6. The maximum absolute atomic E-state index is 13.5. The lowest BCUT2D eigenvalue weighted by Crippen LogP contribution is -2.05. The number of anilines is 1. The van der Waals surface area contributed by atoms with Gasteiger partial charge in [0, 0.05) is 10.6 Å². The Hall–Kier alpha value is -2.54. The summed E-state index contributed by atoms with van der Waals surface area (Å²) in [5.41, 5.74) is 0.438. The van der Waals surface area contributed by atoms with E-state index in [1.54, 1.807) is 24.3 Å². The Kier molecular flexibility index (Phi) is 4.20. The van der Waals surface area contributed by atoms with Crippen LogP contribution in [-0.2, 0) is 6.54 Å². The molecular formula is C15H9ClF3N3O. The second-order valence-electron chi connectivity index (χ2n) is 4.60. The van der Waals surface area contributed by atoms with Crippen LogP contribution in [0.4, 0.5) is 18.9 Å². The van der Waals surface area contributed by atoms with Gasteiger partial charge in [-0.2, -0.15) is 4.98 Å². The SMILES string of the molecule is Fc1ccc(NCc2noc(-c3cccc(Cl)c3)n2)c(F)c1F. The van der Waals surface area contributed by atoms with Crippen LogP contribution in [0.15, 0.2) is 40.9 Å². The van der Waals surface area contributed by atoms with Crippen molar-refractivity contribution < 1.29 is 17.7 Å². The highest BCUT2D eigenvalue weighted by molar-refractivity contribution is 6.30. The van der Waals surface area contributed by atoms with E-state index in [-0.39, 0.29) is 23.9 Å². The molecule has 0 amide bonds. The Morgan fingerprint density at radius 1 is 1.09 bits per heavy atom. The molecule has 3 rings (SSSR count). The molecule has 118 valence electrons. The standard InChI is InChI=1S/C15H9ClF3N3O/c16-9-3-1-2-8(6-9)15-21-12(22-23-15)7-20-11-5-4-10(17)13(18)14(11)19/h1-6,20H,7H2. The molecule has 3 aromatic rings. The van der Waals surface area contributed by atoms with Crippen LogP contribution in [-0.4, -0.2) is 10.1 Å². The van der Waals surface area contributed by atoms with Gasteiger partial charge in [-0.05, 0) is 30.3 Å². The second-order valence-corrected chi connectivity index (χ2v) is 5.04. The van der Waals surface area contributed by atoms with Gasteiger partial charge in [-0.3, -0.25) is 0 Å². The third kappa shape index (κ3) is 3.29. The van der Waals surface area contributed by atoms with Gasteiger partial charge in [-0.25, -0.2) is 13.2 Å². The average Bonchev–Trinajstić information content (AvgIpc) is 3.01. The first-order valence-corrected chi connectivity index (χ1v) is 6.88. The van der Waals surface area contributed by atoms with E-state index >= 15 is 0 Å². The summed E-state index contributed by atoms with van der Waals surface area (Å²) in [6.07, 6.45) is 0. The zero-order valence-electron chi connectivity index (χ0n) is 11.5. The van der Waals surface area contributed by atoms with Gasteiger partial charge in [-0.1, -0.05) is 22.8 Å². The van der Waals surface area contributed by atoms with Crippen molar-refractivity contribution in [3.63, 3.8) is 0 Å². The number of rotatable bonds is 4. The summed E-state index contributed by atoms with van der Waals surface area (Å²) in [5.74, 6) is -3.62. The third-order valence-corrected chi connectivity index (χ3v) is 3.25. The smallest absolute Gasteiger partial charge is 0.258 e. The van der Waals surface area contributed by atoms with Crippen LogP contribution < -0.4 is 5.32 Å². The normalized spacial score (nSPS) is 10.8. The minimum atomic E-state index is -1.54. The van der Waals surface area contributed by atoms with Gasteiger partial charge >= 0.3 is 0 Å². The lowest BCUT2D eigenvalue weighted by atomic mass is 10.2. The van der Waals surface area contributed by atoms with Crippen molar-refractivity contribution >= 4 is 17.3 Å². The highest BCUT2D eigenvalue weighted by Crippen LogP contribution is 2.22. The Bertz CT molecular complexity index is 854. The summed E-state index contributed by atoms with van der Waals surface area (Å²) in [5, 5.41) is 6.82. The van der Waals surface area contributed by atoms with E-state index in [0.717, 1.165) is 12.1 Å². The van der Waals surface area contributed by atoms with Gasteiger partial charge < -0.3 is 9.84 Å². The fraction of sp³-hybridized carbons (Fsp3) is 0.0667. The summed E-state index contributed by atoms with van der Waals surface area (Å²) >= 11 is 5.88. The molecule has 0 saturated carbocycles. The topological polar surface area (TPSA) is 51.0 Å². The molecule has 1 heterocycles. The maximum atomic E-state index is 13.5. The monoisotopic (exact) mass is 339 g/mol. The van der Waals surface area contributed by atoms with Gasteiger partial charge in [-0.15, -0.1) is 0 Å². The Balaban J connectivity index is 1.74. The van der Waals surface area contributed by atoms with E-state index in [1.807, 2.05) is 0 Å². The van der Waals surface area contributed by atoms with Crippen molar-refractivity contribution in [2.75, 3.05) is 5.32 Å². The number of benzene rings is 2. The van der Waals surface area contributed by atoms with Crippen LogP contribution in [0.25, 0.3) is 11.5 Å². The van der Waals surface area contributed by atoms with Crippen LogP contribution in [0.2, 0.25) is 5.02 Å². The molecule has 0 unspecified atom stereocenters. The van der Waals surface area contributed by atoms with Gasteiger partial charge in [0.05, 0.1) is 12.2 Å². The average molecular weight is 340 g/mol. The molecule has 0 aliphatic rings. The molecule has 0 radical (unpaired) electrons. The molecule has 1 aromatic heterocycles. The first kappa shape index (κ1) is 15.4. The van der Waals surface area contributed by atoms with E-state index in [0.29, 0.717) is 10.6 Å². The van der Waals surface area contributed by atoms with Gasteiger partial charge in [0.2, 0.25) is 0 Å². The van der Waals surface area contributed by atoms with Crippen LogP contribution >= 0.6 is 11.6 Å². The zero-order valence-corrected chi connectivity index (χ0v) is 12.2. The Morgan fingerprint density at radius 3 is 2.70 bits per heavy atom. The highest BCUT2D eigenvalue weighted by atomic mass is 35.5. The van der Waals surface area contributed by atoms with E-state index in [9.17, 15) is 13.2 Å². The lowest BCUT2D eigenvalue weighted by Gasteiger charge is -2.05. The largest absolute Gasteiger partial charge is 0.375 e. The lowest BCUT2D eigenvalue weighted by molar-refractivity contribution is 0.423. The number of hydrogen-bond donors (Lipinski definition) is 1. The van der Waals surface area contributed by atoms with Crippen molar-refractivity contribution in [3.8, 4) is 11.5 Å². The van der Waals surface area contributed by atoms with E-state index < -0.39 is 17.5 Å². The van der Waals surface area contributed by atoms with Crippen molar-refractivity contribution in [2.24, 2.45) is 0 Å². The van der Waals surface area contributed by atoms with Crippen LogP contribution in [0.3, 0.4) is 0 Å². The quantitative estimate of drug-likeness (QED) is 0.715. The summed E-state index contributed by atoms with van der Waals surface area (Å²) in [4.78, 5) is 4.12. The minimum Gasteiger partial charge on any atom is -0.375 e. The fourth-order valence-electron chi connectivity index (χ4n) is 1.90. The molecule has 0 atom stereocenters. The molecular weight excluding hydrogens is 331 g/mol. The fourth-order valence-corrected chi connectivity index (χ4v) is 2.09. The van der Waals surface area contributed by atoms with Crippen molar-refractivity contribution in [3.05, 3.63) is 64.7 Å². The summed E-state index contributed by atoms with van der Waals surface area (Å²) in [7, 11) is 0. The number of aromatic nitrogens is 2. The molecule has 8 heteroatoms. The third-order valence-electron chi connectivity index (χ3n) is 3.01. The Morgan fingerprint density at radius 2 is 1.91 bits per heavy atom. The first-order chi connectivity index (χ1) is 11.0. The first-order valence-electron chi connectivity index (χ1n) is 6.50. The molecule has 1 N–H and O–H groups in total. The predicted octanol–water partition coefficient (Wildman–Crippen LogP) is 4.42. The van der Waals surface area contributed by atoms with Gasteiger partial charge in [0.25, 0.3) is 5.89 Å². The van der Waals surface area contributed by atoms with Gasteiger partial charge in [0.15, 0.2) is 23.3 Å². The number of halogens is 4. The molecule has 0 aliphatic carbocycles. The van der Waals surface area contributed by atoms with E-state index in [1.165, 1.54) is 0 Å². The summed E-state index contributed by atoms with van der Waals surface area (Å²) in [6, 6.07) is 8.75. The maximum Gasteiger partial charge on any atom is 0.258 e. The van der Waals surface area contributed by atoms with Crippen LogP contribution in [0.1, 0.15) is 5.82 Å². The predicted molar refractivity (Wildman–Crippen MR) is 78.4 cm³/mol. The van der Waals surface area contributed by atoms with E-state index in [4.69, 9.17) is 16.1 Å². The van der Waals surface area contributed by atoms with Crippen molar-refractivity contribution in [1.29, 1.82) is 0 Å². The van der Waals surface area contributed by atoms with Crippen LogP contribution in [0.5, 0.6) is 0 Å². The highest BCUT2D eigenvalue weighted by Gasteiger charge is 2.14. The zero-order chi connectivity index (χ0) is 16.4. The second kappa shape index (κ2) is 6.29. The number of nitrogens with one attached hydrogen (secondary N) is 1. The number of hydrogen-bond acceptors (Lipinski definition) is 4. The van der Waals surface area contributed by atoms with Crippen molar-refractivity contribution in [1.82, 2.24) is 10.1 Å². The molecule has 0 bridgehead atoms. The molecule has 4 nitrogen and oxygen atoms in total. The van der Waals surface area contributed by atoms with Gasteiger partial charge in [0.1, 0.15) is 0 Å². The van der Waals surface area contributed by atoms with Crippen molar-refractivity contribution in [2.45, 2.75) is 6.54 Å². The molecule has 0 fully saturated rings. The minimum absolute atomic E-state index is 0.0218. The molecule has 0 aliphatic heterocycles. The number of nitrogens with zero attached hydrogens (tertiary/aromatic N) is 2. The van der Waals surface area contributed by atoms with Crippen LogP contribution in [0, 0.1) is 17.5 Å². The molecule has 0 saturated heterocycles. The molecule has 2 aromatic carbocycles. The Labute approximate surface area is 133 Å². The van der Waals surface area contributed by atoms with E-state index in [2.05, 4.69) is 15.5 Å².